The number of likely N-dealkylation sites (N-methyl/N-ethyl adjacent to an activating group) is 2. The molecule has 1 N–H and O–H groups in total. The molecule has 10 nitrogen and oxygen atoms in total. The first-order chi connectivity index (χ1) is 20.0. The predicted octanol–water partition coefficient (Wildman–Crippen LogP) is 3.05. The number of nitrogens with zero attached hydrogens (tertiary/aromatic N) is 3. The smallest absolute Gasteiger partial charge is 0.319 e. The minimum atomic E-state index is -1.39. The summed E-state index contributed by atoms with van der Waals surface area (Å²) in [6, 6.07) is -0.0893. The SMILES string of the molecule is CCN1C[C@H](C)C[C@@](C)(OC)[C@H](O[C@@H]2O[C@H](C)C[C@H](N(C)C)[C@H]2O)[C@@H](C)C(=O)C(C)(C)C(=O)OC[C@H]1C1CCN(C)CC1. The van der Waals surface area contributed by atoms with Gasteiger partial charge in [-0.25, -0.2) is 0 Å². The van der Waals surface area contributed by atoms with Crippen molar-refractivity contribution in [3.63, 3.8) is 0 Å². The van der Waals surface area contributed by atoms with Gasteiger partial charge in [-0.05, 0) is 106 Å². The van der Waals surface area contributed by atoms with Crippen LogP contribution in [-0.2, 0) is 28.5 Å². The molecule has 0 bridgehead atoms. The molecule has 0 aromatic rings. The summed E-state index contributed by atoms with van der Waals surface area (Å²) in [6.07, 6.45) is 0.579. The molecule has 0 unspecified atom stereocenters. The van der Waals surface area contributed by atoms with E-state index in [0.717, 1.165) is 39.0 Å². The lowest BCUT2D eigenvalue weighted by atomic mass is 9.74. The molecule has 10 heteroatoms. The number of esters is 1. The van der Waals surface area contributed by atoms with Crippen LogP contribution in [0.5, 0.6) is 0 Å². The Morgan fingerprint density at radius 3 is 2.28 bits per heavy atom. The molecule has 3 heterocycles. The second kappa shape index (κ2) is 15.0. The van der Waals surface area contributed by atoms with Crippen LogP contribution in [-0.4, -0.2) is 135 Å². The summed E-state index contributed by atoms with van der Waals surface area (Å²) in [5.41, 5.74) is -2.29. The summed E-state index contributed by atoms with van der Waals surface area (Å²) in [7, 11) is 7.67. The Bertz CT molecular complexity index is 924. The number of ether oxygens (including phenoxy) is 4. The zero-order chi connectivity index (χ0) is 32.3. The highest BCUT2D eigenvalue weighted by Gasteiger charge is 2.51. The fraction of sp³-hybridized carbons (Fsp3) is 0.939. The molecule has 0 spiro atoms. The van der Waals surface area contributed by atoms with Gasteiger partial charge < -0.3 is 33.9 Å². The number of cyclic esters (lactones) is 1. The number of Topliss-reactive ketones (excluding diaryl/α,β-unsaturated/α-hetero) is 1. The molecule has 3 fully saturated rings. The van der Waals surface area contributed by atoms with Crippen molar-refractivity contribution in [2.45, 2.75) is 116 Å². The number of methoxy groups -OCH3 is 1. The molecule has 43 heavy (non-hydrogen) atoms. The highest BCUT2D eigenvalue weighted by molar-refractivity contribution is 6.04. The summed E-state index contributed by atoms with van der Waals surface area (Å²) in [4.78, 5) is 34.7. The number of hydrogen-bond acceptors (Lipinski definition) is 10. The van der Waals surface area contributed by atoms with E-state index in [2.05, 4.69) is 30.7 Å². The highest BCUT2D eigenvalue weighted by Crippen LogP contribution is 2.39. The molecule has 0 saturated carbocycles. The molecule has 9 atom stereocenters. The van der Waals surface area contributed by atoms with E-state index >= 15 is 0 Å². The number of carbonyl (C=O) groups excluding carboxylic acids is 2. The van der Waals surface area contributed by atoms with E-state index in [9.17, 15) is 14.7 Å². The van der Waals surface area contributed by atoms with Gasteiger partial charge >= 0.3 is 5.97 Å². The molecular formula is C33H61N3O7. The van der Waals surface area contributed by atoms with Crippen LogP contribution in [0.4, 0.5) is 0 Å². The zero-order valence-corrected chi connectivity index (χ0v) is 28.8. The first-order valence-electron chi connectivity index (χ1n) is 16.4. The van der Waals surface area contributed by atoms with E-state index in [0.29, 0.717) is 18.8 Å². The average molecular weight is 612 g/mol. The van der Waals surface area contributed by atoms with Crippen molar-refractivity contribution in [2.75, 3.05) is 61.0 Å². The molecule has 0 aromatic carbocycles. The molecule has 3 rings (SSSR count). The molecular weight excluding hydrogens is 550 g/mol. The Labute approximate surface area is 260 Å². The summed E-state index contributed by atoms with van der Waals surface area (Å²) in [5, 5.41) is 11.3. The Morgan fingerprint density at radius 1 is 1.09 bits per heavy atom. The molecule has 0 aliphatic carbocycles. The van der Waals surface area contributed by atoms with Gasteiger partial charge in [-0.2, -0.15) is 0 Å². The summed E-state index contributed by atoms with van der Waals surface area (Å²) in [6.45, 7) is 17.3. The number of carbonyl (C=O) groups is 2. The van der Waals surface area contributed by atoms with Crippen molar-refractivity contribution in [1.29, 1.82) is 0 Å². The van der Waals surface area contributed by atoms with Crippen molar-refractivity contribution in [1.82, 2.24) is 14.7 Å². The Hall–Kier alpha value is -1.14. The molecule has 0 aromatic heterocycles. The van der Waals surface area contributed by atoms with E-state index < -0.39 is 41.4 Å². The van der Waals surface area contributed by atoms with Gasteiger partial charge in [-0.15, -0.1) is 0 Å². The number of aliphatic hydroxyl groups is 1. The van der Waals surface area contributed by atoms with Crippen molar-refractivity contribution in [2.24, 2.45) is 23.2 Å². The van der Waals surface area contributed by atoms with Crippen molar-refractivity contribution >= 4 is 11.8 Å². The van der Waals surface area contributed by atoms with Gasteiger partial charge in [-0.1, -0.05) is 20.8 Å². The number of rotatable bonds is 6. The van der Waals surface area contributed by atoms with Crippen LogP contribution in [0.25, 0.3) is 0 Å². The maximum Gasteiger partial charge on any atom is 0.319 e. The van der Waals surface area contributed by atoms with Crippen LogP contribution in [0.2, 0.25) is 0 Å². The topological polar surface area (TPSA) is 101 Å². The normalized spacial score (nSPS) is 40.0. The minimum absolute atomic E-state index is 0.0743. The van der Waals surface area contributed by atoms with Crippen LogP contribution in [0.3, 0.4) is 0 Å². The number of likely N-dealkylation sites (tertiary alicyclic amines) is 1. The summed E-state index contributed by atoms with van der Waals surface area (Å²) < 4.78 is 25.1. The van der Waals surface area contributed by atoms with Crippen LogP contribution in [0.15, 0.2) is 0 Å². The maximum atomic E-state index is 14.2. The number of piperidine rings is 1. The Balaban J connectivity index is 2.01. The first kappa shape index (κ1) is 36.3. The van der Waals surface area contributed by atoms with E-state index in [-0.39, 0.29) is 36.5 Å². The lowest BCUT2D eigenvalue weighted by molar-refractivity contribution is -0.295. The van der Waals surface area contributed by atoms with Gasteiger partial charge in [0.2, 0.25) is 0 Å². The zero-order valence-electron chi connectivity index (χ0n) is 28.8. The van der Waals surface area contributed by atoms with E-state index in [4.69, 9.17) is 18.9 Å². The number of aliphatic hydroxyl groups excluding tert-OH is 1. The van der Waals surface area contributed by atoms with Gasteiger partial charge in [-0.3, -0.25) is 14.5 Å². The summed E-state index contributed by atoms with van der Waals surface area (Å²) in [5.74, 6) is -0.942. The molecule has 3 aliphatic heterocycles. The van der Waals surface area contributed by atoms with E-state index in [1.54, 1.807) is 27.9 Å². The molecule has 0 amide bonds. The minimum Gasteiger partial charge on any atom is -0.463 e. The second-order valence-electron chi connectivity index (χ2n) is 14.6. The van der Waals surface area contributed by atoms with Crippen molar-refractivity contribution in [3.05, 3.63) is 0 Å². The van der Waals surface area contributed by atoms with Gasteiger partial charge in [0.25, 0.3) is 0 Å². The fourth-order valence-corrected chi connectivity index (χ4v) is 7.66. The quantitative estimate of drug-likeness (QED) is 0.356. The van der Waals surface area contributed by atoms with E-state index in [1.165, 1.54) is 0 Å². The maximum absolute atomic E-state index is 14.2. The highest BCUT2D eigenvalue weighted by atomic mass is 16.7. The summed E-state index contributed by atoms with van der Waals surface area (Å²) >= 11 is 0. The third-order valence-corrected chi connectivity index (χ3v) is 10.5. The number of ketones is 1. The molecule has 0 radical (unpaired) electrons. The van der Waals surface area contributed by atoms with Gasteiger partial charge in [0, 0.05) is 31.7 Å². The molecule has 3 saturated heterocycles. The largest absolute Gasteiger partial charge is 0.463 e. The first-order valence-corrected chi connectivity index (χ1v) is 16.4. The Morgan fingerprint density at radius 2 is 1.72 bits per heavy atom. The lowest BCUT2D eigenvalue weighted by Gasteiger charge is -2.47. The number of hydrogen-bond donors (Lipinski definition) is 1. The third-order valence-electron chi connectivity index (χ3n) is 10.5. The second-order valence-corrected chi connectivity index (χ2v) is 14.6. The van der Waals surface area contributed by atoms with E-state index in [1.807, 2.05) is 32.8 Å². The average Bonchev–Trinajstić information content (AvgIpc) is 2.95. The fourth-order valence-electron chi connectivity index (χ4n) is 7.66. The Kier molecular flexibility index (Phi) is 12.6. The van der Waals surface area contributed by atoms with Crippen molar-refractivity contribution < 1.29 is 33.6 Å². The van der Waals surface area contributed by atoms with Crippen LogP contribution in [0, 0.1) is 23.2 Å². The lowest BCUT2D eigenvalue weighted by Crippen LogP contribution is -2.59. The van der Waals surface area contributed by atoms with Crippen LogP contribution < -0.4 is 0 Å². The third kappa shape index (κ3) is 8.37. The van der Waals surface area contributed by atoms with Gasteiger partial charge in [0.05, 0.1) is 17.8 Å². The van der Waals surface area contributed by atoms with Crippen LogP contribution in [0.1, 0.15) is 74.1 Å². The molecule has 250 valence electrons. The standard InChI is InChI=1S/C33H61N3O7/c1-12-36-19-21(2)18-33(7,40-11)29(43-30-27(37)25(34(8)9)17-22(3)42-30)23(4)28(38)32(5,6)31(39)41-20-26(36)24-13-15-35(10)16-14-24/h21-27,29-30,37H,12-20H2,1-11H3/t21-,22-,23+,25+,26+,27-,29-,30+,33-/m1/s1. The van der Waals surface area contributed by atoms with Gasteiger partial charge in [0.1, 0.15) is 18.1 Å². The molecule has 3 aliphatic rings. The van der Waals surface area contributed by atoms with Crippen molar-refractivity contribution in [3.8, 4) is 0 Å². The monoisotopic (exact) mass is 611 g/mol. The predicted molar refractivity (Wildman–Crippen MR) is 167 cm³/mol. The van der Waals surface area contributed by atoms with Crippen LogP contribution >= 0.6 is 0 Å². The van der Waals surface area contributed by atoms with Gasteiger partial charge in [0.15, 0.2) is 12.1 Å².